The van der Waals surface area contributed by atoms with Crippen molar-refractivity contribution in [1.82, 2.24) is 0 Å². The SMILES string of the molecule is [Cr].[Cr].[K+].[K+].[O]=[Cr](=[O])([O-])[O][Cr](=[O])(=[O])[O-]. The molecule has 0 amide bonds. The molecule has 0 N–H and O–H groups in total. The molecule has 13 heteroatoms. The van der Waals surface area contributed by atoms with E-state index in [1.807, 2.05) is 0 Å². The molecule has 0 saturated heterocycles. The molecule has 0 spiro atoms. The van der Waals surface area contributed by atoms with Crippen molar-refractivity contribution in [3.63, 3.8) is 0 Å². The van der Waals surface area contributed by atoms with Crippen LogP contribution in [0.2, 0.25) is 0 Å². The zero-order valence-corrected chi connectivity index (χ0v) is 17.8. The molecule has 0 aliphatic heterocycles. The molecule has 0 aromatic carbocycles. The first-order valence-corrected chi connectivity index (χ1v) is 5.50. The normalized spacial score (nSPS) is 9.38. The van der Waals surface area contributed by atoms with Crippen molar-refractivity contribution in [1.29, 1.82) is 0 Å². The summed E-state index contributed by atoms with van der Waals surface area (Å²) in [6.07, 6.45) is 0. The van der Waals surface area contributed by atoms with Gasteiger partial charge in [-0.1, -0.05) is 0 Å². The van der Waals surface area contributed by atoms with Gasteiger partial charge in [-0.2, -0.15) is 0 Å². The molecule has 0 aromatic rings. The Kier molecular flexibility index (Phi) is 30.3. The van der Waals surface area contributed by atoms with Gasteiger partial charge in [0.25, 0.3) is 0 Å². The van der Waals surface area contributed by atoms with E-state index in [0.717, 1.165) is 0 Å². The summed E-state index contributed by atoms with van der Waals surface area (Å²) in [7, 11) is 0. The van der Waals surface area contributed by atoms with Gasteiger partial charge in [0, 0.05) is 34.7 Å². The first-order chi connectivity index (χ1) is 3.71. The van der Waals surface area contributed by atoms with E-state index >= 15 is 0 Å². The second-order valence-corrected chi connectivity index (χ2v) is 4.52. The molecule has 0 atom stereocenters. The summed E-state index contributed by atoms with van der Waals surface area (Å²) >= 11 is -12.1. The van der Waals surface area contributed by atoms with Crippen LogP contribution in [0.5, 0.6) is 0 Å². The number of hydrogen-bond acceptors (Lipinski definition) is 7. The molecule has 0 fully saturated rings. The Morgan fingerprint density at radius 1 is 0.769 bits per heavy atom. The zero-order valence-electron chi connectivity index (χ0n) is 6.49. The first kappa shape index (κ1) is 30.5. The minimum absolute atomic E-state index is 0. The van der Waals surface area contributed by atoms with Crippen molar-refractivity contribution >= 4 is 0 Å². The summed E-state index contributed by atoms with van der Waals surface area (Å²) in [5.74, 6) is 0. The van der Waals surface area contributed by atoms with Crippen LogP contribution in [0.25, 0.3) is 0 Å². The van der Waals surface area contributed by atoms with Crippen LogP contribution in [0.15, 0.2) is 0 Å². The van der Waals surface area contributed by atoms with E-state index in [9.17, 15) is 23.5 Å². The molecule has 13 heavy (non-hydrogen) atoms. The van der Waals surface area contributed by atoms with Gasteiger partial charge in [0.05, 0.1) is 0 Å². The second kappa shape index (κ2) is 12.9. The van der Waals surface area contributed by atoms with Gasteiger partial charge in [-0.3, -0.25) is 0 Å². The van der Waals surface area contributed by atoms with Gasteiger partial charge in [-0.25, -0.2) is 0 Å². The number of hydrogen-bond donors (Lipinski definition) is 0. The van der Waals surface area contributed by atoms with Crippen LogP contribution in [0.1, 0.15) is 0 Å². The Morgan fingerprint density at radius 2 is 0.923 bits per heavy atom. The molecule has 68 valence electrons. The third-order valence-corrected chi connectivity index (χ3v) is 2.83. The molecular weight excluding hydrogens is 398 g/mol. The van der Waals surface area contributed by atoms with Crippen LogP contribution in [0.3, 0.4) is 0 Å². The summed E-state index contributed by atoms with van der Waals surface area (Å²) < 4.78 is 58.9. The summed E-state index contributed by atoms with van der Waals surface area (Å²) in [5.41, 5.74) is 0. The van der Waals surface area contributed by atoms with Crippen LogP contribution in [-0.2, 0) is 80.0 Å². The van der Waals surface area contributed by atoms with Gasteiger partial charge in [0.15, 0.2) is 0 Å². The van der Waals surface area contributed by atoms with Crippen molar-refractivity contribution in [3.8, 4) is 0 Å². The van der Waals surface area contributed by atoms with Crippen molar-refractivity contribution in [2.24, 2.45) is 0 Å². The van der Waals surface area contributed by atoms with E-state index in [1.165, 1.54) is 0 Å². The van der Waals surface area contributed by atoms with Crippen LogP contribution in [0, 0.1) is 0 Å². The summed E-state index contributed by atoms with van der Waals surface area (Å²) in [6.45, 7) is 0. The maximum atomic E-state index is 9.38. The Hall–Kier alpha value is 4.48. The average Bonchev–Trinajstić information content (AvgIpc) is 1.14. The maximum absolute atomic E-state index is 9.38. The number of rotatable bonds is 2. The van der Waals surface area contributed by atoms with Gasteiger partial charge >= 0.3 is 156 Å². The fourth-order valence-electron chi connectivity index (χ4n) is 0.102. The first-order valence-electron chi connectivity index (χ1n) is 1.33. The monoisotopic (exact) mass is 398 g/mol. The molecule has 0 rings (SSSR count). The molecule has 0 unspecified atom stereocenters. The van der Waals surface area contributed by atoms with Gasteiger partial charge in [-0.05, 0) is 0 Å². The van der Waals surface area contributed by atoms with Crippen molar-refractivity contribution in [2.75, 3.05) is 0 Å². The van der Waals surface area contributed by atoms with Crippen LogP contribution < -0.4 is 111 Å². The summed E-state index contributed by atoms with van der Waals surface area (Å²) in [5, 5.41) is 0. The molecule has 7 nitrogen and oxygen atoms in total. The molecule has 0 aliphatic rings. The van der Waals surface area contributed by atoms with E-state index in [4.69, 9.17) is 0 Å². The Morgan fingerprint density at radius 3 is 0.923 bits per heavy atom. The van der Waals surface area contributed by atoms with Crippen LogP contribution in [0.4, 0.5) is 0 Å². The van der Waals surface area contributed by atoms with E-state index in [0.29, 0.717) is 0 Å². The third-order valence-electron chi connectivity index (χ3n) is 0.167. The van der Waals surface area contributed by atoms with Crippen molar-refractivity contribution in [2.45, 2.75) is 0 Å². The van der Waals surface area contributed by atoms with Gasteiger partial charge in [0.1, 0.15) is 0 Å². The van der Waals surface area contributed by atoms with E-state index in [-0.39, 0.29) is 137 Å². The molecule has 0 radical (unpaired) electrons. The van der Waals surface area contributed by atoms with Crippen LogP contribution >= 0.6 is 0 Å². The molecule has 0 aliphatic carbocycles. The van der Waals surface area contributed by atoms with Gasteiger partial charge in [0.2, 0.25) is 0 Å². The van der Waals surface area contributed by atoms with Crippen molar-refractivity contribution < 1.29 is 191 Å². The fourth-order valence-corrected chi connectivity index (χ4v) is 1.74. The average molecular weight is 398 g/mol. The molecular formula is Cr4K2O7. The molecule has 0 bridgehead atoms. The predicted molar refractivity (Wildman–Crippen MR) is 3.83 cm³/mol. The molecule has 0 aromatic heterocycles. The Balaban J connectivity index is -0.0000000533. The quantitative estimate of drug-likeness (QED) is 0.423. The van der Waals surface area contributed by atoms with E-state index in [2.05, 4.69) is 2.84 Å². The third kappa shape index (κ3) is 31.5. The van der Waals surface area contributed by atoms with E-state index < -0.39 is 27.2 Å². The predicted octanol–water partition coefficient (Wildman–Crippen LogP) is -8.92. The summed E-state index contributed by atoms with van der Waals surface area (Å²) in [6, 6.07) is 0. The van der Waals surface area contributed by atoms with Crippen molar-refractivity contribution in [3.05, 3.63) is 0 Å². The minimum atomic E-state index is -6.07. The van der Waals surface area contributed by atoms with E-state index in [1.54, 1.807) is 0 Å². The van der Waals surface area contributed by atoms with Gasteiger partial charge < -0.3 is 0 Å². The standard InChI is InChI=1S/4Cr.2K.7O/q;;;;2*+1;;;;;;2*-1. The zero-order chi connectivity index (χ0) is 7.71. The summed E-state index contributed by atoms with van der Waals surface area (Å²) in [4.78, 5) is 0. The topological polar surface area (TPSA) is 124 Å². The molecule has 0 heterocycles. The second-order valence-electron chi connectivity index (χ2n) is 0.885. The fraction of sp³-hybridized carbons (Fsp3) is 0. The van der Waals surface area contributed by atoms with Gasteiger partial charge in [-0.15, -0.1) is 0 Å². The Labute approximate surface area is 186 Å². The molecule has 0 saturated carbocycles. The van der Waals surface area contributed by atoms with Crippen LogP contribution in [-0.4, -0.2) is 0 Å². The Bertz CT molecular complexity index is 244.